The third-order valence-electron chi connectivity index (χ3n) is 2.69. The van der Waals surface area contributed by atoms with Gasteiger partial charge >= 0.3 is 0 Å². The minimum Gasteiger partial charge on any atom is -0.391 e. The molecule has 1 saturated heterocycles. The Kier molecular flexibility index (Phi) is 2.90. The zero-order valence-corrected chi connectivity index (χ0v) is 9.62. The van der Waals surface area contributed by atoms with Gasteiger partial charge in [0.15, 0.2) is 4.60 Å². The van der Waals surface area contributed by atoms with Crippen LogP contribution in [-0.2, 0) is 6.61 Å². The van der Waals surface area contributed by atoms with Gasteiger partial charge in [0.2, 0.25) is 0 Å². The Balaban J connectivity index is 2.23. The largest absolute Gasteiger partial charge is 0.391 e. The third-order valence-corrected chi connectivity index (χ3v) is 3.31. The standard InChI is InChI=1S/C9H13BrN2O2/c1-12-3-2-6(4-12)8-7(5-13)9(10)11-14-8/h6,13H,2-5H2,1H3. The first kappa shape index (κ1) is 10.1. The highest BCUT2D eigenvalue weighted by molar-refractivity contribution is 9.10. The SMILES string of the molecule is CN1CCC(c2onc(Br)c2CO)C1. The lowest BCUT2D eigenvalue weighted by atomic mass is 10.0. The van der Waals surface area contributed by atoms with Crippen molar-refractivity contribution in [3.8, 4) is 0 Å². The molecular formula is C9H13BrN2O2. The van der Waals surface area contributed by atoms with E-state index in [1.165, 1.54) is 0 Å². The van der Waals surface area contributed by atoms with E-state index in [9.17, 15) is 5.11 Å². The van der Waals surface area contributed by atoms with Gasteiger partial charge in [0.1, 0.15) is 5.76 Å². The lowest BCUT2D eigenvalue weighted by Crippen LogP contribution is -2.13. The molecule has 1 unspecified atom stereocenters. The molecule has 0 amide bonds. The second kappa shape index (κ2) is 4.00. The van der Waals surface area contributed by atoms with Crippen LogP contribution in [0.1, 0.15) is 23.7 Å². The summed E-state index contributed by atoms with van der Waals surface area (Å²) in [5.74, 6) is 1.21. The number of nitrogens with zero attached hydrogens (tertiary/aromatic N) is 2. The van der Waals surface area contributed by atoms with Gasteiger partial charge in [-0.05, 0) is 35.9 Å². The lowest BCUT2D eigenvalue weighted by molar-refractivity contribution is 0.273. The summed E-state index contributed by atoms with van der Waals surface area (Å²) in [6.45, 7) is 2.04. The Morgan fingerprint density at radius 1 is 1.71 bits per heavy atom. The Labute approximate surface area is 91.0 Å². The molecular weight excluding hydrogens is 248 g/mol. The number of hydrogen-bond acceptors (Lipinski definition) is 4. The fourth-order valence-corrected chi connectivity index (χ4v) is 2.31. The monoisotopic (exact) mass is 260 g/mol. The summed E-state index contributed by atoms with van der Waals surface area (Å²) in [6.07, 6.45) is 1.07. The summed E-state index contributed by atoms with van der Waals surface area (Å²) >= 11 is 3.26. The Morgan fingerprint density at radius 2 is 2.50 bits per heavy atom. The quantitative estimate of drug-likeness (QED) is 0.873. The van der Waals surface area contributed by atoms with E-state index in [2.05, 4.69) is 33.0 Å². The fraction of sp³-hybridized carbons (Fsp3) is 0.667. The summed E-state index contributed by atoms with van der Waals surface area (Å²) < 4.78 is 5.86. The Hall–Kier alpha value is -0.390. The molecule has 78 valence electrons. The number of aliphatic hydroxyl groups excluding tert-OH is 1. The van der Waals surface area contributed by atoms with E-state index < -0.39 is 0 Å². The van der Waals surface area contributed by atoms with Crippen LogP contribution in [0.4, 0.5) is 0 Å². The molecule has 4 nitrogen and oxygen atoms in total. The minimum atomic E-state index is -0.0143. The fourth-order valence-electron chi connectivity index (χ4n) is 1.91. The van der Waals surface area contributed by atoms with E-state index >= 15 is 0 Å². The number of aromatic nitrogens is 1. The van der Waals surface area contributed by atoms with Gasteiger partial charge in [0, 0.05) is 12.5 Å². The minimum absolute atomic E-state index is 0.0143. The number of halogens is 1. The van der Waals surface area contributed by atoms with Gasteiger partial charge < -0.3 is 14.5 Å². The van der Waals surface area contributed by atoms with Gasteiger partial charge in [-0.1, -0.05) is 5.16 Å². The van der Waals surface area contributed by atoms with Crippen molar-refractivity contribution in [1.29, 1.82) is 0 Å². The molecule has 0 aliphatic carbocycles. The zero-order chi connectivity index (χ0) is 10.1. The molecule has 14 heavy (non-hydrogen) atoms. The van der Waals surface area contributed by atoms with Gasteiger partial charge in [-0.15, -0.1) is 0 Å². The maximum absolute atomic E-state index is 9.17. The first-order valence-corrected chi connectivity index (χ1v) is 5.45. The van der Waals surface area contributed by atoms with Crippen molar-refractivity contribution in [3.63, 3.8) is 0 Å². The van der Waals surface area contributed by atoms with Crippen LogP contribution >= 0.6 is 15.9 Å². The lowest BCUT2D eigenvalue weighted by Gasteiger charge is -2.07. The normalized spacial score (nSPS) is 23.2. The van der Waals surface area contributed by atoms with Crippen LogP contribution in [-0.4, -0.2) is 35.3 Å². The van der Waals surface area contributed by atoms with E-state index in [1.807, 2.05) is 0 Å². The van der Waals surface area contributed by atoms with Crippen molar-refractivity contribution in [2.45, 2.75) is 18.9 Å². The molecule has 1 atom stereocenters. The molecule has 1 N–H and O–H groups in total. The molecule has 0 bridgehead atoms. The van der Waals surface area contributed by atoms with Crippen LogP contribution in [0.5, 0.6) is 0 Å². The van der Waals surface area contributed by atoms with Crippen molar-refractivity contribution in [1.82, 2.24) is 10.1 Å². The molecule has 0 radical (unpaired) electrons. The van der Waals surface area contributed by atoms with Crippen molar-refractivity contribution < 1.29 is 9.63 Å². The molecule has 1 fully saturated rings. The topological polar surface area (TPSA) is 49.5 Å². The predicted octanol–water partition coefficient (Wildman–Crippen LogP) is 1.35. The molecule has 1 aliphatic heterocycles. The molecule has 2 rings (SSSR count). The second-order valence-electron chi connectivity index (χ2n) is 3.72. The third kappa shape index (κ3) is 1.71. The van der Waals surface area contributed by atoms with Gasteiger partial charge in [-0.2, -0.15) is 0 Å². The summed E-state index contributed by atoms with van der Waals surface area (Å²) in [7, 11) is 2.09. The number of aliphatic hydroxyl groups is 1. The van der Waals surface area contributed by atoms with E-state index in [0.29, 0.717) is 10.5 Å². The average Bonchev–Trinajstić information content (AvgIpc) is 2.71. The van der Waals surface area contributed by atoms with Crippen molar-refractivity contribution in [2.75, 3.05) is 20.1 Å². The smallest absolute Gasteiger partial charge is 0.155 e. The van der Waals surface area contributed by atoms with Crippen molar-refractivity contribution in [3.05, 3.63) is 15.9 Å². The predicted molar refractivity (Wildman–Crippen MR) is 55.0 cm³/mol. The maximum atomic E-state index is 9.17. The van der Waals surface area contributed by atoms with Gasteiger partial charge in [-0.3, -0.25) is 0 Å². The summed E-state index contributed by atoms with van der Waals surface area (Å²) in [5, 5.41) is 13.0. The summed E-state index contributed by atoms with van der Waals surface area (Å²) in [5.41, 5.74) is 0.797. The first-order valence-electron chi connectivity index (χ1n) is 4.65. The highest BCUT2D eigenvalue weighted by Crippen LogP contribution is 2.32. The molecule has 1 aromatic rings. The molecule has 1 aromatic heterocycles. The highest BCUT2D eigenvalue weighted by atomic mass is 79.9. The average molecular weight is 261 g/mol. The van der Waals surface area contributed by atoms with Crippen LogP contribution in [0.25, 0.3) is 0 Å². The molecule has 5 heteroatoms. The van der Waals surface area contributed by atoms with Crippen LogP contribution in [0.3, 0.4) is 0 Å². The van der Waals surface area contributed by atoms with Gasteiger partial charge in [0.25, 0.3) is 0 Å². The summed E-state index contributed by atoms with van der Waals surface area (Å²) in [6, 6.07) is 0. The van der Waals surface area contributed by atoms with Crippen LogP contribution in [0.2, 0.25) is 0 Å². The molecule has 0 saturated carbocycles. The van der Waals surface area contributed by atoms with E-state index in [1.54, 1.807) is 0 Å². The van der Waals surface area contributed by atoms with Crippen molar-refractivity contribution >= 4 is 15.9 Å². The van der Waals surface area contributed by atoms with Crippen LogP contribution in [0, 0.1) is 0 Å². The molecule has 0 aromatic carbocycles. The maximum Gasteiger partial charge on any atom is 0.155 e. The Bertz CT molecular complexity index is 327. The zero-order valence-electron chi connectivity index (χ0n) is 8.03. The Morgan fingerprint density at radius 3 is 3.07 bits per heavy atom. The number of rotatable bonds is 2. The van der Waals surface area contributed by atoms with Gasteiger partial charge in [0.05, 0.1) is 12.2 Å². The van der Waals surface area contributed by atoms with Crippen molar-refractivity contribution in [2.24, 2.45) is 0 Å². The number of likely N-dealkylation sites (tertiary alicyclic amines) is 1. The highest BCUT2D eigenvalue weighted by Gasteiger charge is 2.28. The van der Waals surface area contributed by atoms with Crippen LogP contribution in [0.15, 0.2) is 9.13 Å². The van der Waals surface area contributed by atoms with Crippen LogP contribution < -0.4 is 0 Å². The first-order chi connectivity index (χ1) is 6.72. The molecule has 1 aliphatic rings. The van der Waals surface area contributed by atoms with Gasteiger partial charge in [-0.25, -0.2) is 0 Å². The van der Waals surface area contributed by atoms with E-state index in [0.717, 1.165) is 30.8 Å². The number of likely N-dealkylation sites (N-methyl/N-ethyl adjacent to an activating group) is 1. The van der Waals surface area contributed by atoms with E-state index in [4.69, 9.17) is 4.52 Å². The number of hydrogen-bond donors (Lipinski definition) is 1. The molecule has 2 heterocycles. The summed E-state index contributed by atoms with van der Waals surface area (Å²) in [4.78, 5) is 2.25. The van der Waals surface area contributed by atoms with E-state index in [-0.39, 0.29) is 6.61 Å². The second-order valence-corrected chi connectivity index (χ2v) is 4.47. The molecule has 0 spiro atoms.